The Kier molecular flexibility index (Phi) is 2.56. The lowest BCUT2D eigenvalue weighted by Crippen LogP contribution is -2.06. The van der Waals surface area contributed by atoms with Crippen molar-refractivity contribution in [2.24, 2.45) is 0 Å². The normalized spacial score (nSPS) is 11.2. The predicted octanol–water partition coefficient (Wildman–Crippen LogP) is 2.29. The molecule has 3 aromatic rings. The largest absolute Gasteiger partial charge is 0.270 e. The topological polar surface area (TPSA) is 50.2 Å². The number of hydrogen-bond donors (Lipinski definition) is 1. The van der Waals surface area contributed by atoms with E-state index in [1.807, 2.05) is 37.4 Å². The van der Waals surface area contributed by atoms with Crippen LogP contribution in [0.5, 0.6) is 0 Å². The Morgan fingerprint density at radius 1 is 1.44 bits per heavy atom. The van der Waals surface area contributed by atoms with Gasteiger partial charge in [-0.2, -0.15) is 0 Å². The molecule has 0 saturated heterocycles. The Morgan fingerprint density at radius 3 is 3.00 bits per heavy atom. The SMILES string of the molecule is Cc1cc(C)n2[nH]c(=O)c(Cc3cccs3)c2n1. The number of hydrogen-bond acceptors (Lipinski definition) is 3. The number of aryl methyl sites for hydroxylation is 2. The first-order chi connectivity index (χ1) is 8.65. The van der Waals surface area contributed by atoms with Gasteiger partial charge in [-0.15, -0.1) is 11.3 Å². The van der Waals surface area contributed by atoms with Gasteiger partial charge in [0.1, 0.15) is 0 Å². The molecule has 3 heterocycles. The molecule has 0 amide bonds. The molecule has 4 nitrogen and oxygen atoms in total. The number of rotatable bonds is 2. The van der Waals surface area contributed by atoms with Crippen LogP contribution in [0.1, 0.15) is 21.8 Å². The highest BCUT2D eigenvalue weighted by Gasteiger charge is 2.13. The summed E-state index contributed by atoms with van der Waals surface area (Å²) in [5.41, 5.74) is 3.35. The molecule has 0 radical (unpaired) electrons. The quantitative estimate of drug-likeness (QED) is 0.767. The van der Waals surface area contributed by atoms with Crippen molar-refractivity contribution in [3.8, 4) is 0 Å². The van der Waals surface area contributed by atoms with E-state index in [1.54, 1.807) is 15.9 Å². The van der Waals surface area contributed by atoms with Crippen LogP contribution in [-0.4, -0.2) is 14.6 Å². The molecule has 0 bridgehead atoms. The van der Waals surface area contributed by atoms with Crippen LogP contribution in [0.15, 0.2) is 28.4 Å². The molecule has 0 aliphatic heterocycles. The number of fused-ring (bicyclic) bond motifs is 1. The van der Waals surface area contributed by atoms with Crippen molar-refractivity contribution in [3.05, 3.63) is 55.8 Å². The van der Waals surface area contributed by atoms with E-state index >= 15 is 0 Å². The van der Waals surface area contributed by atoms with E-state index in [2.05, 4.69) is 10.1 Å². The van der Waals surface area contributed by atoms with Gasteiger partial charge in [-0.25, -0.2) is 9.50 Å². The van der Waals surface area contributed by atoms with Crippen molar-refractivity contribution in [3.63, 3.8) is 0 Å². The highest BCUT2D eigenvalue weighted by Crippen LogP contribution is 2.16. The van der Waals surface area contributed by atoms with Gasteiger partial charge in [-0.05, 0) is 31.4 Å². The lowest BCUT2D eigenvalue weighted by molar-refractivity contribution is 0.871. The third kappa shape index (κ3) is 1.76. The van der Waals surface area contributed by atoms with Crippen LogP contribution in [-0.2, 0) is 6.42 Å². The molecule has 0 aromatic carbocycles. The van der Waals surface area contributed by atoms with Gasteiger partial charge in [0.25, 0.3) is 5.56 Å². The summed E-state index contributed by atoms with van der Waals surface area (Å²) < 4.78 is 1.76. The highest BCUT2D eigenvalue weighted by molar-refractivity contribution is 7.09. The van der Waals surface area contributed by atoms with E-state index < -0.39 is 0 Å². The zero-order valence-corrected chi connectivity index (χ0v) is 11.0. The highest BCUT2D eigenvalue weighted by atomic mass is 32.1. The number of aromatic nitrogens is 3. The van der Waals surface area contributed by atoms with Gasteiger partial charge in [-0.3, -0.25) is 9.89 Å². The molecule has 0 atom stereocenters. The first-order valence-electron chi connectivity index (χ1n) is 5.75. The zero-order chi connectivity index (χ0) is 12.7. The molecular weight excluding hydrogens is 246 g/mol. The molecule has 1 N–H and O–H groups in total. The molecule has 5 heteroatoms. The van der Waals surface area contributed by atoms with Crippen molar-refractivity contribution in [1.82, 2.24) is 14.6 Å². The first kappa shape index (κ1) is 11.2. The maximum atomic E-state index is 12.0. The number of aromatic amines is 1. The van der Waals surface area contributed by atoms with Crippen LogP contribution in [0.4, 0.5) is 0 Å². The van der Waals surface area contributed by atoms with Gasteiger partial charge in [0.15, 0.2) is 5.65 Å². The van der Waals surface area contributed by atoms with E-state index in [0.29, 0.717) is 6.42 Å². The zero-order valence-electron chi connectivity index (χ0n) is 10.2. The molecule has 3 rings (SSSR count). The molecule has 3 aromatic heterocycles. The number of nitrogens with zero attached hydrogens (tertiary/aromatic N) is 2. The number of nitrogens with one attached hydrogen (secondary N) is 1. The van der Waals surface area contributed by atoms with Crippen molar-refractivity contribution in [1.29, 1.82) is 0 Å². The van der Waals surface area contributed by atoms with Crippen LogP contribution < -0.4 is 5.56 Å². The van der Waals surface area contributed by atoms with E-state index in [4.69, 9.17) is 0 Å². The van der Waals surface area contributed by atoms with Gasteiger partial charge in [0.2, 0.25) is 0 Å². The van der Waals surface area contributed by atoms with Gasteiger partial charge in [0.05, 0.1) is 5.56 Å². The van der Waals surface area contributed by atoms with Crippen LogP contribution in [0.25, 0.3) is 5.65 Å². The summed E-state index contributed by atoms with van der Waals surface area (Å²) in [6.45, 7) is 3.91. The molecule has 0 aliphatic rings. The Labute approximate surface area is 108 Å². The molecule has 0 unspecified atom stereocenters. The molecule has 18 heavy (non-hydrogen) atoms. The van der Waals surface area contributed by atoms with Crippen LogP contribution in [0.2, 0.25) is 0 Å². The van der Waals surface area contributed by atoms with Crippen molar-refractivity contribution >= 4 is 17.0 Å². The fourth-order valence-corrected chi connectivity index (χ4v) is 2.86. The van der Waals surface area contributed by atoms with Crippen LogP contribution >= 0.6 is 11.3 Å². The molecule has 0 saturated carbocycles. The van der Waals surface area contributed by atoms with Gasteiger partial charge >= 0.3 is 0 Å². The molecule has 0 aliphatic carbocycles. The van der Waals surface area contributed by atoms with Gasteiger partial charge in [-0.1, -0.05) is 6.07 Å². The lowest BCUT2D eigenvalue weighted by Gasteiger charge is -2.02. The molecule has 0 spiro atoms. The minimum atomic E-state index is -0.0513. The Bertz CT molecular complexity index is 752. The third-order valence-electron chi connectivity index (χ3n) is 2.95. The van der Waals surface area contributed by atoms with Gasteiger partial charge < -0.3 is 0 Å². The van der Waals surface area contributed by atoms with E-state index in [1.165, 1.54) is 4.88 Å². The smallest absolute Gasteiger partial charge is 0.268 e. The fourth-order valence-electron chi connectivity index (χ4n) is 2.14. The maximum Gasteiger partial charge on any atom is 0.270 e. The molecule has 0 fully saturated rings. The summed E-state index contributed by atoms with van der Waals surface area (Å²) in [4.78, 5) is 17.7. The van der Waals surface area contributed by atoms with E-state index in [9.17, 15) is 4.79 Å². The third-order valence-corrected chi connectivity index (χ3v) is 3.83. The van der Waals surface area contributed by atoms with E-state index in [0.717, 1.165) is 22.6 Å². The van der Waals surface area contributed by atoms with Crippen molar-refractivity contribution in [2.45, 2.75) is 20.3 Å². The fraction of sp³-hybridized carbons (Fsp3) is 0.231. The van der Waals surface area contributed by atoms with Crippen molar-refractivity contribution in [2.75, 3.05) is 0 Å². The summed E-state index contributed by atoms with van der Waals surface area (Å²) in [6.07, 6.45) is 0.638. The minimum Gasteiger partial charge on any atom is -0.268 e. The van der Waals surface area contributed by atoms with Crippen LogP contribution in [0.3, 0.4) is 0 Å². The van der Waals surface area contributed by atoms with E-state index in [-0.39, 0.29) is 5.56 Å². The van der Waals surface area contributed by atoms with Gasteiger partial charge in [0, 0.05) is 22.7 Å². The summed E-state index contributed by atoms with van der Waals surface area (Å²) >= 11 is 1.66. The minimum absolute atomic E-state index is 0.0513. The summed E-state index contributed by atoms with van der Waals surface area (Å²) in [5, 5.41) is 4.86. The van der Waals surface area contributed by atoms with Crippen LogP contribution in [0, 0.1) is 13.8 Å². The Morgan fingerprint density at radius 2 is 2.28 bits per heavy atom. The number of thiophene rings is 1. The Balaban J connectivity index is 2.22. The monoisotopic (exact) mass is 259 g/mol. The first-order valence-corrected chi connectivity index (χ1v) is 6.63. The second kappa shape index (κ2) is 4.10. The maximum absolute atomic E-state index is 12.0. The Hall–Kier alpha value is -1.88. The second-order valence-electron chi connectivity index (χ2n) is 4.37. The average molecular weight is 259 g/mol. The summed E-state index contributed by atoms with van der Waals surface area (Å²) in [7, 11) is 0. The number of H-pyrrole nitrogens is 1. The summed E-state index contributed by atoms with van der Waals surface area (Å²) in [6, 6.07) is 5.99. The lowest BCUT2D eigenvalue weighted by atomic mass is 10.2. The average Bonchev–Trinajstić information content (AvgIpc) is 2.91. The second-order valence-corrected chi connectivity index (χ2v) is 5.41. The predicted molar refractivity (Wildman–Crippen MR) is 72.4 cm³/mol. The van der Waals surface area contributed by atoms with Crippen molar-refractivity contribution < 1.29 is 0 Å². The molecule has 92 valence electrons. The molecular formula is C13H13N3OS. The standard InChI is InChI=1S/C13H13N3OS/c1-8-6-9(2)16-12(14-8)11(13(17)15-16)7-10-4-3-5-18-10/h3-6H,7H2,1-2H3,(H,15,17). The summed E-state index contributed by atoms with van der Waals surface area (Å²) in [5.74, 6) is 0.